The lowest BCUT2D eigenvalue weighted by Crippen LogP contribution is -2.55. The molecule has 1 aliphatic rings. The van der Waals surface area contributed by atoms with Gasteiger partial charge in [0.15, 0.2) is 0 Å². The van der Waals surface area contributed by atoms with Crippen LogP contribution in [0.4, 0.5) is 5.69 Å². The zero-order chi connectivity index (χ0) is 37.5. The van der Waals surface area contributed by atoms with Crippen LogP contribution in [0.5, 0.6) is 0 Å². The Kier molecular flexibility index (Phi) is 18.2. The van der Waals surface area contributed by atoms with Gasteiger partial charge in [-0.05, 0) is 55.8 Å². The molecule has 8 atom stereocenters. The first-order valence-electron chi connectivity index (χ1n) is 18.1. The van der Waals surface area contributed by atoms with Crippen LogP contribution >= 0.6 is 0 Å². The summed E-state index contributed by atoms with van der Waals surface area (Å²) in [5.74, 6) is -1.26. The Morgan fingerprint density at radius 2 is 1.68 bits per heavy atom. The number of carbonyl (C=O) groups is 4. The highest BCUT2D eigenvalue weighted by molar-refractivity contribution is 5.87. The number of methoxy groups -OCH3 is 2. The highest BCUT2D eigenvalue weighted by atomic mass is 16.5. The number of hydrogen-bond donors (Lipinski definition) is 5. The largest absolute Gasteiger partial charge is 0.388 e. The number of amides is 4. The summed E-state index contributed by atoms with van der Waals surface area (Å²) in [6.45, 7) is 10.4. The molecule has 1 heterocycles. The van der Waals surface area contributed by atoms with E-state index in [2.05, 4.69) is 21.3 Å². The Hall–Kier alpha value is -3.26. The van der Waals surface area contributed by atoms with Crippen LogP contribution in [0.25, 0.3) is 0 Å². The van der Waals surface area contributed by atoms with Gasteiger partial charge in [0.1, 0.15) is 0 Å². The normalized spacial score (nSPS) is 18.8. The summed E-state index contributed by atoms with van der Waals surface area (Å²) in [6.07, 6.45) is 1.78. The van der Waals surface area contributed by atoms with Gasteiger partial charge in [0.2, 0.25) is 23.6 Å². The van der Waals surface area contributed by atoms with Crippen LogP contribution in [0, 0.1) is 17.8 Å². The smallest absolute Gasteiger partial charge is 0.242 e. The number of likely N-dealkylation sites (tertiary alicyclic amines) is 1. The van der Waals surface area contributed by atoms with Crippen LogP contribution in [0.2, 0.25) is 0 Å². The summed E-state index contributed by atoms with van der Waals surface area (Å²) in [5, 5.41) is 12.0. The average molecular weight is 704 g/mol. The second-order valence-electron chi connectivity index (χ2n) is 14.0. The standard InChI is InChI=1S/C37H65N7O6/c1-11-24(4)34(43(8)32(46)22-41-37(48)33(40-7)23(2)3)30(49-9)20-31(45)44-18-12-13-29(44)35(50-10)25(5)36(47)42-28(21-38)19-26-14-16-27(39-6)17-15-26/h14-17,23-25,28-30,33-35,39-40H,11-13,18-22,38H2,1-10H3,(H,41,48)(H,42,47). The maximum Gasteiger partial charge on any atom is 0.242 e. The second-order valence-corrected chi connectivity index (χ2v) is 14.0. The minimum atomic E-state index is -0.585. The quantitative estimate of drug-likeness (QED) is 0.129. The summed E-state index contributed by atoms with van der Waals surface area (Å²) >= 11 is 0. The first-order valence-corrected chi connectivity index (χ1v) is 18.1. The first-order chi connectivity index (χ1) is 23.8. The number of ether oxygens (including phenoxy) is 2. The van der Waals surface area contributed by atoms with Crippen LogP contribution in [-0.4, -0.2) is 125 Å². The monoisotopic (exact) mass is 703 g/mol. The number of nitrogens with two attached hydrogens (primary N) is 1. The van der Waals surface area contributed by atoms with Gasteiger partial charge >= 0.3 is 0 Å². The molecule has 13 heteroatoms. The van der Waals surface area contributed by atoms with E-state index in [-0.39, 0.29) is 67.1 Å². The zero-order valence-electron chi connectivity index (χ0n) is 32.1. The van der Waals surface area contributed by atoms with Gasteiger partial charge in [0.25, 0.3) is 0 Å². The molecule has 1 aliphatic heterocycles. The molecule has 0 radical (unpaired) electrons. The van der Waals surface area contributed by atoms with Gasteiger partial charge < -0.3 is 46.3 Å². The minimum Gasteiger partial charge on any atom is -0.388 e. The maximum atomic E-state index is 14.0. The molecule has 1 saturated heterocycles. The molecule has 284 valence electrons. The van der Waals surface area contributed by atoms with Gasteiger partial charge in [-0.3, -0.25) is 19.2 Å². The predicted octanol–water partition coefficient (Wildman–Crippen LogP) is 1.99. The summed E-state index contributed by atoms with van der Waals surface area (Å²) in [7, 11) is 8.42. The highest BCUT2D eigenvalue weighted by Crippen LogP contribution is 2.29. The summed E-state index contributed by atoms with van der Waals surface area (Å²) in [4.78, 5) is 57.0. The fourth-order valence-electron chi connectivity index (χ4n) is 7.11. The molecule has 6 N–H and O–H groups in total. The number of hydrogen-bond acceptors (Lipinski definition) is 9. The summed E-state index contributed by atoms with van der Waals surface area (Å²) in [6, 6.07) is 6.64. The van der Waals surface area contributed by atoms with E-state index in [0.717, 1.165) is 24.1 Å². The van der Waals surface area contributed by atoms with Crippen molar-refractivity contribution in [2.75, 3.05) is 60.3 Å². The van der Waals surface area contributed by atoms with Crippen molar-refractivity contribution in [2.24, 2.45) is 23.5 Å². The molecule has 0 bridgehead atoms. The molecule has 0 aliphatic carbocycles. The third-order valence-electron chi connectivity index (χ3n) is 10.3. The number of nitrogens with zero attached hydrogens (tertiary/aromatic N) is 2. The number of nitrogens with one attached hydrogen (secondary N) is 4. The third-order valence-corrected chi connectivity index (χ3v) is 10.3. The molecule has 50 heavy (non-hydrogen) atoms. The number of carbonyl (C=O) groups excluding carboxylic acids is 4. The number of likely N-dealkylation sites (N-methyl/N-ethyl adjacent to an activating group) is 2. The molecule has 1 aromatic rings. The number of rotatable bonds is 21. The Bertz CT molecular complexity index is 1220. The van der Waals surface area contributed by atoms with Crippen LogP contribution in [0.15, 0.2) is 24.3 Å². The van der Waals surface area contributed by atoms with Gasteiger partial charge in [0, 0.05) is 53.1 Å². The van der Waals surface area contributed by atoms with E-state index in [1.807, 2.05) is 70.8 Å². The summed E-state index contributed by atoms with van der Waals surface area (Å²) in [5.41, 5.74) is 8.14. The molecule has 8 unspecified atom stereocenters. The van der Waals surface area contributed by atoms with Crippen LogP contribution in [0.1, 0.15) is 65.9 Å². The van der Waals surface area contributed by atoms with E-state index in [9.17, 15) is 19.2 Å². The molecule has 4 amide bonds. The Balaban J connectivity index is 2.14. The maximum absolute atomic E-state index is 14.0. The molecule has 13 nitrogen and oxygen atoms in total. The molecule has 0 spiro atoms. The van der Waals surface area contributed by atoms with Crippen LogP contribution < -0.4 is 27.0 Å². The van der Waals surface area contributed by atoms with Crippen LogP contribution in [0.3, 0.4) is 0 Å². The predicted molar refractivity (Wildman–Crippen MR) is 197 cm³/mol. The van der Waals surface area contributed by atoms with Crippen molar-refractivity contribution in [1.82, 2.24) is 25.8 Å². The van der Waals surface area contributed by atoms with Crippen molar-refractivity contribution in [3.8, 4) is 0 Å². The van der Waals surface area contributed by atoms with Crippen molar-refractivity contribution >= 4 is 29.3 Å². The lowest BCUT2D eigenvalue weighted by Gasteiger charge is -2.39. The molecule has 0 saturated carbocycles. The third kappa shape index (κ3) is 11.6. The van der Waals surface area contributed by atoms with E-state index >= 15 is 0 Å². The SMILES string of the molecule is CCC(C)C(C(CC(=O)N1CCCC1C(OC)C(C)C(=O)NC(CN)Cc1ccc(NC)cc1)OC)N(C)C(=O)CNC(=O)C(NC)C(C)C. The van der Waals surface area contributed by atoms with Gasteiger partial charge in [-0.1, -0.05) is 53.2 Å². The minimum absolute atomic E-state index is 0.0136. The van der Waals surface area contributed by atoms with E-state index in [1.165, 1.54) is 0 Å². The van der Waals surface area contributed by atoms with E-state index in [0.29, 0.717) is 19.4 Å². The van der Waals surface area contributed by atoms with Crippen molar-refractivity contribution in [2.45, 2.75) is 103 Å². The van der Waals surface area contributed by atoms with Gasteiger partial charge in [-0.2, -0.15) is 0 Å². The van der Waals surface area contributed by atoms with E-state index in [4.69, 9.17) is 15.2 Å². The Labute approximate surface area is 300 Å². The topological polar surface area (TPSA) is 167 Å². The fraction of sp³-hybridized carbons (Fsp3) is 0.730. The molecule has 2 rings (SSSR count). The molecular weight excluding hydrogens is 638 g/mol. The average Bonchev–Trinajstić information content (AvgIpc) is 3.60. The Morgan fingerprint density at radius 1 is 1.02 bits per heavy atom. The fourth-order valence-corrected chi connectivity index (χ4v) is 7.11. The number of anilines is 1. The van der Waals surface area contributed by atoms with E-state index in [1.54, 1.807) is 33.2 Å². The zero-order valence-corrected chi connectivity index (χ0v) is 32.1. The number of benzene rings is 1. The lowest BCUT2D eigenvalue weighted by molar-refractivity contribution is -0.146. The second kappa shape index (κ2) is 21.2. The van der Waals surface area contributed by atoms with Crippen LogP contribution in [-0.2, 0) is 35.1 Å². The molecule has 1 aromatic carbocycles. The Morgan fingerprint density at radius 3 is 2.20 bits per heavy atom. The first kappa shape index (κ1) is 42.9. The van der Waals surface area contributed by atoms with Crippen molar-refractivity contribution in [3.05, 3.63) is 29.8 Å². The van der Waals surface area contributed by atoms with Crippen molar-refractivity contribution in [1.29, 1.82) is 0 Å². The molecular formula is C37H65N7O6. The van der Waals surface area contributed by atoms with Crippen molar-refractivity contribution in [3.63, 3.8) is 0 Å². The van der Waals surface area contributed by atoms with Gasteiger partial charge in [0.05, 0.1) is 49.2 Å². The molecule has 0 aromatic heterocycles. The van der Waals surface area contributed by atoms with Crippen molar-refractivity contribution < 1.29 is 28.7 Å². The lowest BCUT2D eigenvalue weighted by atomic mass is 9.90. The van der Waals surface area contributed by atoms with Gasteiger partial charge in [-0.15, -0.1) is 0 Å². The van der Waals surface area contributed by atoms with E-state index < -0.39 is 30.2 Å². The summed E-state index contributed by atoms with van der Waals surface area (Å²) < 4.78 is 11.9. The van der Waals surface area contributed by atoms with Gasteiger partial charge in [-0.25, -0.2) is 0 Å². The molecule has 1 fully saturated rings. The highest BCUT2D eigenvalue weighted by Gasteiger charge is 2.42.